The van der Waals surface area contributed by atoms with Gasteiger partial charge in [0.1, 0.15) is 0 Å². The van der Waals surface area contributed by atoms with E-state index in [1.165, 1.54) is 11.1 Å². The van der Waals surface area contributed by atoms with E-state index in [0.29, 0.717) is 5.02 Å². The van der Waals surface area contributed by atoms with Crippen molar-refractivity contribution in [1.29, 1.82) is 0 Å². The summed E-state index contributed by atoms with van der Waals surface area (Å²) in [5.74, 6) is 5.72. The van der Waals surface area contributed by atoms with E-state index in [2.05, 4.69) is 36.5 Å². The fraction of sp³-hybridized carbons (Fsp3) is 0.308. The van der Waals surface area contributed by atoms with Gasteiger partial charge in [-0.3, -0.25) is 10.5 Å². The van der Waals surface area contributed by atoms with Gasteiger partial charge in [-0.05, 0) is 30.5 Å². The van der Waals surface area contributed by atoms with Crippen molar-refractivity contribution in [2.45, 2.75) is 19.9 Å². The SMILES string of the molecule is Cc1cccc(C)c1C(NN)c1c(Cl)cnn1C. The number of hydrogen-bond donors (Lipinski definition) is 2. The summed E-state index contributed by atoms with van der Waals surface area (Å²) in [5, 5.41) is 4.77. The number of rotatable bonds is 3. The quantitative estimate of drug-likeness (QED) is 0.660. The van der Waals surface area contributed by atoms with Crippen molar-refractivity contribution in [2.24, 2.45) is 12.9 Å². The Balaban J connectivity index is 2.59. The molecule has 1 aromatic heterocycles. The number of nitrogens with zero attached hydrogens (tertiary/aromatic N) is 2. The van der Waals surface area contributed by atoms with Crippen LogP contribution in [-0.4, -0.2) is 9.78 Å². The second kappa shape index (κ2) is 5.10. The molecular weight excluding hydrogens is 248 g/mol. The molecule has 0 fully saturated rings. The van der Waals surface area contributed by atoms with Crippen LogP contribution in [0.2, 0.25) is 5.02 Å². The third-order valence-corrected chi connectivity index (χ3v) is 3.50. The Labute approximate surface area is 112 Å². The summed E-state index contributed by atoms with van der Waals surface area (Å²) in [7, 11) is 1.86. The molecule has 2 aromatic rings. The van der Waals surface area contributed by atoms with Crippen molar-refractivity contribution in [3.63, 3.8) is 0 Å². The summed E-state index contributed by atoms with van der Waals surface area (Å²) in [6, 6.07) is 6.01. The lowest BCUT2D eigenvalue weighted by molar-refractivity contribution is 0.571. The average Bonchev–Trinajstić information content (AvgIpc) is 2.65. The normalized spacial score (nSPS) is 12.7. The van der Waals surface area contributed by atoms with Gasteiger partial charge in [0, 0.05) is 7.05 Å². The van der Waals surface area contributed by atoms with Gasteiger partial charge in [0.2, 0.25) is 0 Å². The van der Waals surface area contributed by atoms with Crippen molar-refractivity contribution in [2.75, 3.05) is 0 Å². The zero-order valence-corrected chi connectivity index (χ0v) is 11.5. The molecule has 4 nitrogen and oxygen atoms in total. The molecule has 2 rings (SSSR count). The fourth-order valence-corrected chi connectivity index (χ4v) is 2.60. The molecule has 0 bridgehead atoms. The van der Waals surface area contributed by atoms with Crippen LogP contribution in [0.3, 0.4) is 0 Å². The smallest absolute Gasteiger partial charge is 0.0898 e. The van der Waals surface area contributed by atoms with E-state index in [4.69, 9.17) is 17.4 Å². The number of hydrogen-bond acceptors (Lipinski definition) is 3. The number of halogens is 1. The van der Waals surface area contributed by atoms with Crippen LogP contribution in [0, 0.1) is 13.8 Å². The van der Waals surface area contributed by atoms with E-state index in [1.807, 2.05) is 13.1 Å². The number of nitrogens with one attached hydrogen (secondary N) is 1. The first-order valence-corrected chi connectivity index (χ1v) is 6.13. The molecule has 1 atom stereocenters. The number of benzene rings is 1. The Hall–Kier alpha value is -1.36. The Morgan fingerprint density at radius 2 is 1.94 bits per heavy atom. The molecule has 0 aliphatic heterocycles. The predicted molar refractivity (Wildman–Crippen MR) is 73.3 cm³/mol. The van der Waals surface area contributed by atoms with Crippen LogP contribution in [0.15, 0.2) is 24.4 Å². The standard InChI is InChI=1S/C13H17ClN4/c1-8-5-4-6-9(2)11(8)12(17-15)13-10(14)7-16-18(13)3/h4-7,12,17H,15H2,1-3H3. The second-order valence-corrected chi connectivity index (χ2v) is 4.81. The van der Waals surface area contributed by atoms with Crippen molar-refractivity contribution < 1.29 is 0 Å². The van der Waals surface area contributed by atoms with Crippen molar-refractivity contribution in [3.05, 3.63) is 51.8 Å². The van der Waals surface area contributed by atoms with Gasteiger partial charge in [0.05, 0.1) is 23.0 Å². The minimum absolute atomic E-state index is 0.161. The van der Waals surface area contributed by atoms with E-state index in [0.717, 1.165) is 11.3 Å². The molecule has 0 spiro atoms. The Morgan fingerprint density at radius 1 is 1.33 bits per heavy atom. The molecule has 96 valence electrons. The molecule has 18 heavy (non-hydrogen) atoms. The molecule has 0 saturated heterocycles. The highest BCUT2D eigenvalue weighted by molar-refractivity contribution is 6.31. The Kier molecular flexibility index (Phi) is 3.71. The maximum absolute atomic E-state index is 6.19. The summed E-state index contributed by atoms with van der Waals surface area (Å²) in [5.41, 5.74) is 7.21. The van der Waals surface area contributed by atoms with Crippen LogP contribution >= 0.6 is 11.6 Å². The molecule has 0 radical (unpaired) electrons. The van der Waals surface area contributed by atoms with Crippen LogP contribution in [0.1, 0.15) is 28.4 Å². The summed E-state index contributed by atoms with van der Waals surface area (Å²) < 4.78 is 1.75. The van der Waals surface area contributed by atoms with Gasteiger partial charge < -0.3 is 0 Å². The summed E-state index contributed by atoms with van der Waals surface area (Å²) in [4.78, 5) is 0. The highest BCUT2D eigenvalue weighted by atomic mass is 35.5. The first-order valence-electron chi connectivity index (χ1n) is 5.76. The van der Waals surface area contributed by atoms with Gasteiger partial charge in [-0.2, -0.15) is 5.10 Å². The number of aryl methyl sites for hydroxylation is 3. The third kappa shape index (κ3) is 2.14. The number of aromatic nitrogens is 2. The van der Waals surface area contributed by atoms with Gasteiger partial charge in [-0.1, -0.05) is 29.8 Å². The van der Waals surface area contributed by atoms with Crippen LogP contribution in [0.25, 0.3) is 0 Å². The Bertz CT molecular complexity index is 522. The molecule has 3 N–H and O–H groups in total. The number of nitrogens with two attached hydrogens (primary N) is 1. The lowest BCUT2D eigenvalue weighted by Gasteiger charge is -2.21. The zero-order chi connectivity index (χ0) is 13.3. The topological polar surface area (TPSA) is 55.9 Å². The van der Waals surface area contributed by atoms with E-state index >= 15 is 0 Å². The molecule has 1 aromatic carbocycles. The van der Waals surface area contributed by atoms with Crippen molar-refractivity contribution >= 4 is 11.6 Å². The molecule has 5 heteroatoms. The van der Waals surface area contributed by atoms with Crippen molar-refractivity contribution in [3.8, 4) is 0 Å². The zero-order valence-electron chi connectivity index (χ0n) is 10.7. The summed E-state index contributed by atoms with van der Waals surface area (Å²) >= 11 is 6.19. The molecule has 0 aliphatic rings. The highest BCUT2D eigenvalue weighted by Gasteiger charge is 2.22. The summed E-state index contributed by atoms with van der Waals surface area (Å²) in [6.07, 6.45) is 1.63. The largest absolute Gasteiger partial charge is 0.271 e. The third-order valence-electron chi connectivity index (χ3n) is 3.21. The van der Waals surface area contributed by atoms with Crippen molar-refractivity contribution in [1.82, 2.24) is 15.2 Å². The van der Waals surface area contributed by atoms with Gasteiger partial charge in [0.15, 0.2) is 0 Å². The van der Waals surface area contributed by atoms with Gasteiger partial charge >= 0.3 is 0 Å². The molecule has 0 aliphatic carbocycles. The predicted octanol–water partition coefficient (Wildman–Crippen LogP) is 2.24. The minimum Gasteiger partial charge on any atom is -0.271 e. The summed E-state index contributed by atoms with van der Waals surface area (Å²) in [6.45, 7) is 4.13. The highest BCUT2D eigenvalue weighted by Crippen LogP contribution is 2.30. The van der Waals surface area contributed by atoms with E-state index in [-0.39, 0.29) is 6.04 Å². The minimum atomic E-state index is -0.161. The second-order valence-electron chi connectivity index (χ2n) is 4.41. The average molecular weight is 265 g/mol. The lowest BCUT2D eigenvalue weighted by atomic mass is 9.94. The molecular formula is C13H17ClN4. The number of hydrazine groups is 1. The molecule has 1 heterocycles. The molecule has 0 saturated carbocycles. The molecule has 0 amide bonds. The van der Waals surface area contributed by atoms with Crippen LogP contribution in [0.4, 0.5) is 0 Å². The van der Waals surface area contributed by atoms with E-state index in [9.17, 15) is 0 Å². The van der Waals surface area contributed by atoms with Crippen LogP contribution in [-0.2, 0) is 7.05 Å². The Morgan fingerprint density at radius 3 is 2.39 bits per heavy atom. The van der Waals surface area contributed by atoms with Gasteiger partial charge in [0.25, 0.3) is 0 Å². The monoisotopic (exact) mass is 264 g/mol. The van der Waals surface area contributed by atoms with Gasteiger partial charge in [-0.15, -0.1) is 0 Å². The van der Waals surface area contributed by atoms with Gasteiger partial charge in [-0.25, -0.2) is 5.43 Å². The first-order chi connectivity index (χ1) is 8.56. The first kappa shape index (κ1) is 13.1. The van der Waals surface area contributed by atoms with E-state index in [1.54, 1.807) is 10.9 Å². The van der Waals surface area contributed by atoms with Crippen LogP contribution < -0.4 is 11.3 Å². The maximum Gasteiger partial charge on any atom is 0.0898 e. The lowest BCUT2D eigenvalue weighted by Crippen LogP contribution is -2.31. The fourth-order valence-electron chi connectivity index (χ4n) is 2.33. The van der Waals surface area contributed by atoms with Crippen LogP contribution in [0.5, 0.6) is 0 Å². The van der Waals surface area contributed by atoms with E-state index < -0.39 is 0 Å². The molecule has 1 unspecified atom stereocenters. The maximum atomic E-state index is 6.19.